The molecule has 1 aromatic heterocycles. The van der Waals surface area contributed by atoms with Crippen LogP contribution < -0.4 is 9.64 Å². The quantitative estimate of drug-likeness (QED) is 0.239. The maximum atomic E-state index is 13.8. The van der Waals surface area contributed by atoms with Gasteiger partial charge in [-0.05, 0) is 54.4 Å². The van der Waals surface area contributed by atoms with Crippen molar-refractivity contribution in [3.8, 4) is 5.75 Å². The summed E-state index contributed by atoms with van der Waals surface area (Å²) in [5, 5.41) is 11.6. The maximum Gasteiger partial charge on any atom is 0.301 e. The van der Waals surface area contributed by atoms with Crippen LogP contribution in [0.3, 0.4) is 0 Å². The second-order valence-corrected chi connectivity index (χ2v) is 9.65. The van der Waals surface area contributed by atoms with Gasteiger partial charge in [-0.2, -0.15) is 0 Å². The molecule has 0 spiro atoms. The number of aliphatic hydroxyl groups is 1. The van der Waals surface area contributed by atoms with Crippen molar-refractivity contribution in [2.75, 3.05) is 4.90 Å². The van der Waals surface area contributed by atoms with E-state index in [0.717, 1.165) is 22.6 Å². The molecule has 6 nitrogen and oxygen atoms in total. The fourth-order valence-corrected chi connectivity index (χ4v) is 5.71. The van der Waals surface area contributed by atoms with Crippen molar-refractivity contribution in [1.82, 2.24) is 4.98 Å². The third-order valence-corrected chi connectivity index (χ3v) is 7.29. The average Bonchev–Trinajstić information content (AvgIpc) is 3.51. The molecule has 3 aromatic carbocycles. The van der Waals surface area contributed by atoms with Crippen LogP contribution in [-0.4, -0.2) is 27.9 Å². The fourth-order valence-electron chi connectivity index (χ4n) is 4.69. The summed E-state index contributed by atoms with van der Waals surface area (Å²) >= 11 is 1.12. The number of ether oxygens (including phenoxy) is 1. The Hall–Kier alpha value is -4.04. The van der Waals surface area contributed by atoms with Crippen molar-refractivity contribution in [2.24, 2.45) is 0 Å². The zero-order chi connectivity index (χ0) is 24.3. The molecule has 35 heavy (non-hydrogen) atoms. The number of halogens is 1. The zero-order valence-corrected chi connectivity index (χ0v) is 19.4. The van der Waals surface area contributed by atoms with Gasteiger partial charge < -0.3 is 9.84 Å². The third-order valence-electron chi connectivity index (χ3n) is 6.27. The van der Waals surface area contributed by atoms with Gasteiger partial charge in [0.2, 0.25) is 0 Å². The smallest absolute Gasteiger partial charge is 0.301 e. The van der Waals surface area contributed by atoms with Gasteiger partial charge in [0, 0.05) is 12.0 Å². The molecule has 0 bridgehead atoms. The molecule has 174 valence electrons. The molecule has 1 saturated heterocycles. The van der Waals surface area contributed by atoms with Gasteiger partial charge >= 0.3 is 5.91 Å². The number of thiazole rings is 1. The van der Waals surface area contributed by atoms with Crippen molar-refractivity contribution in [2.45, 2.75) is 25.5 Å². The number of carbonyl (C=O) groups is 2. The number of fused-ring (bicyclic) bond motifs is 2. The number of benzene rings is 3. The first-order valence-electron chi connectivity index (χ1n) is 11.1. The highest BCUT2D eigenvalue weighted by molar-refractivity contribution is 7.22. The van der Waals surface area contributed by atoms with Gasteiger partial charge in [-0.1, -0.05) is 41.7 Å². The molecule has 4 aromatic rings. The monoisotopic (exact) mass is 486 g/mol. The highest BCUT2D eigenvalue weighted by atomic mass is 32.1. The van der Waals surface area contributed by atoms with Crippen molar-refractivity contribution < 1.29 is 23.8 Å². The van der Waals surface area contributed by atoms with E-state index in [1.165, 1.54) is 23.1 Å². The van der Waals surface area contributed by atoms with Gasteiger partial charge in [0.05, 0.1) is 21.8 Å². The summed E-state index contributed by atoms with van der Waals surface area (Å²) in [6, 6.07) is 17.6. The molecule has 2 aliphatic rings. The van der Waals surface area contributed by atoms with Crippen molar-refractivity contribution in [1.29, 1.82) is 0 Å². The molecule has 0 radical (unpaired) electrons. The van der Waals surface area contributed by atoms with E-state index in [9.17, 15) is 19.1 Å². The maximum absolute atomic E-state index is 13.8. The molecule has 1 N–H and O–H groups in total. The van der Waals surface area contributed by atoms with Crippen LogP contribution in [0.5, 0.6) is 5.75 Å². The number of aromatic nitrogens is 1. The summed E-state index contributed by atoms with van der Waals surface area (Å²) in [6.45, 7) is 1.96. The summed E-state index contributed by atoms with van der Waals surface area (Å²) in [5.41, 5.74) is 2.52. The first-order valence-corrected chi connectivity index (χ1v) is 11.9. The van der Waals surface area contributed by atoms with Crippen molar-refractivity contribution >= 4 is 44.1 Å². The van der Waals surface area contributed by atoms with E-state index in [4.69, 9.17) is 4.74 Å². The van der Waals surface area contributed by atoms with E-state index < -0.39 is 23.5 Å². The van der Waals surface area contributed by atoms with Gasteiger partial charge in [0.1, 0.15) is 23.4 Å². The third kappa shape index (κ3) is 3.49. The molecule has 2 unspecified atom stereocenters. The number of anilines is 1. The lowest BCUT2D eigenvalue weighted by Gasteiger charge is -2.23. The highest BCUT2D eigenvalue weighted by Gasteiger charge is 2.48. The van der Waals surface area contributed by atoms with Crippen molar-refractivity contribution in [3.05, 3.63) is 94.8 Å². The standard InChI is InChI=1S/C27H19FN2O4S/c1-14-11-17-12-16(7-10-20(17)34-14)24(31)22-23(15-5-3-2-4-6-15)30(26(33)25(22)32)27-29-19-9-8-18(28)13-21(19)35-27/h2-10,12-14,23,31H,11H2,1H3. The van der Waals surface area contributed by atoms with Crippen LogP contribution in [0.2, 0.25) is 0 Å². The van der Waals surface area contributed by atoms with Crippen LogP contribution in [0, 0.1) is 5.82 Å². The Labute approximate surface area is 203 Å². The molecule has 2 atom stereocenters. The van der Waals surface area contributed by atoms with Crippen LogP contribution in [0.1, 0.15) is 29.7 Å². The van der Waals surface area contributed by atoms with Crippen LogP contribution >= 0.6 is 11.3 Å². The van der Waals surface area contributed by atoms with Crippen LogP contribution in [-0.2, 0) is 16.0 Å². The van der Waals surface area contributed by atoms with E-state index in [1.54, 1.807) is 42.5 Å². The predicted molar refractivity (Wildman–Crippen MR) is 131 cm³/mol. The summed E-state index contributed by atoms with van der Waals surface area (Å²) in [5.74, 6) is -1.51. The van der Waals surface area contributed by atoms with Crippen LogP contribution in [0.25, 0.3) is 16.0 Å². The molecule has 6 rings (SSSR count). The minimum Gasteiger partial charge on any atom is -0.507 e. The van der Waals surface area contributed by atoms with Crippen LogP contribution in [0.15, 0.2) is 72.3 Å². The minimum atomic E-state index is -0.884. The number of Topliss-reactive ketones (excluding diaryl/α,β-unsaturated/α-hetero) is 1. The average molecular weight is 487 g/mol. The van der Waals surface area contributed by atoms with E-state index in [-0.39, 0.29) is 22.6 Å². The lowest BCUT2D eigenvalue weighted by molar-refractivity contribution is -0.132. The lowest BCUT2D eigenvalue weighted by Crippen LogP contribution is -2.29. The number of hydrogen-bond acceptors (Lipinski definition) is 6. The van der Waals surface area contributed by atoms with E-state index in [2.05, 4.69) is 4.98 Å². The van der Waals surface area contributed by atoms with E-state index >= 15 is 0 Å². The fraction of sp³-hybridized carbons (Fsp3) is 0.148. The molecule has 2 aliphatic heterocycles. The van der Waals surface area contributed by atoms with E-state index in [0.29, 0.717) is 27.8 Å². The first-order chi connectivity index (χ1) is 16.9. The SMILES string of the molecule is CC1Cc2cc(C(O)=C3C(=O)C(=O)N(c4nc5ccc(F)cc5s4)C3c3ccccc3)ccc2O1. The molecular formula is C27H19FN2O4S. The number of ketones is 1. The molecule has 1 fully saturated rings. The Bertz CT molecular complexity index is 1550. The second-order valence-electron chi connectivity index (χ2n) is 8.64. The predicted octanol–water partition coefficient (Wildman–Crippen LogP) is 5.39. The minimum absolute atomic E-state index is 0.0152. The Morgan fingerprint density at radius 1 is 1.11 bits per heavy atom. The molecular weight excluding hydrogens is 467 g/mol. The number of carbonyl (C=O) groups excluding carboxylic acids is 2. The van der Waals surface area contributed by atoms with Gasteiger partial charge in [0.25, 0.3) is 5.78 Å². The molecule has 0 aliphatic carbocycles. The highest BCUT2D eigenvalue weighted by Crippen LogP contribution is 2.44. The summed E-state index contributed by atoms with van der Waals surface area (Å²) in [6.07, 6.45) is 0.719. The number of nitrogens with zero attached hydrogens (tertiary/aromatic N) is 2. The van der Waals surface area contributed by atoms with Crippen LogP contribution in [0.4, 0.5) is 9.52 Å². The molecule has 3 heterocycles. The van der Waals surface area contributed by atoms with E-state index in [1.807, 2.05) is 13.0 Å². The number of aliphatic hydroxyl groups excluding tert-OH is 1. The Kier molecular flexibility index (Phi) is 4.93. The summed E-state index contributed by atoms with van der Waals surface area (Å²) in [4.78, 5) is 32.4. The second kappa shape index (κ2) is 8.02. The van der Waals surface area contributed by atoms with Gasteiger partial charge in [0.15, 0.2) is 5.13 Å². The molecule has 1 amide bonds. The Morgan fingerprint density at radius 3 is 2.71 bits per heavy atom. The summed E-state index contributed by atoms with van der Waals surface area (Å²) < 4.78 is 20.1. The number of hydrogen-bond donors (Lipinski definition) is 1. The largest absolute Gasteiger partial charge is 0.507 e. The van der Waals surface area contributed by atoms with Crippen molar-refractivity contribution in [3.63, 3.8) is 0 Å². The van der Waals surface area contributed by atoms with Gasteiger partial charge in [-0.3, -0.25) is 14.5 Å². The Balaban J connectivity index is 1.53. The molecule has 0 saturated carbocycles. The molecule has 8 heteroatoms. The zero-order valence-electron chi connectivity index (χ0n) is 18.6. The summed E-state index contributed by atoms with van der Waals surface area (Å²) in [7, 11) is 0. The lowest BCUT2D eigenvalue weighted by atomic mass is 9.94. The van der Waals surface area contributed by atoms with Gasteiger partial charge in [-0.25, -0.2) is 9.37 Å². The normalized spacial score (nSPS) is 20.9. The first kappa shape index (κ1) is 21.5. The number of amides is 1. The topological polar surface area (TPSA) is 79.7 Å². The number of rotatable bonds is 3. The van der Waals surface area contributed by atoms with Gasteiger partial charge in [-0.15, -0.1) is 0 Å². The Morgan fingerprint density at radius 2 is 1.91 bits per heavy atom.